The Balaban J connectivity index is 2.37. The maximum absolute atomic E-state index is 13.3. The van der Waals surface area contributed by atoms with Crippen LogP contribution in [0.15, 0.2) is 24.4 Å². The summed E-state index contributed by atoms with van der Waals surface area (Å²) in [4.78, 5) is 0. The van der Waals surface area contributed by atoms with Crippen LogP contribution in [0.5, 0.6) is 0 Å². The Labute approximate surface area is 116 Å². The van der Waals surface area contributed by atoms with Crippen LogP contribution in [0, 0.1) is 24.6 Å². The summed E-state index contributed by atoms with van der Waals surface area (Å²) in [6, 6.07) is 4.51. The molecule has 0 saturated carbocycles. The molecule has 0 aliphatic carbocycles. The van der Waals surface area contributed by atoms with E-state index in [0.717, 1.165) is 11.3 Å². The first kappa shape index (κ1) is 13.6. The largest absolute Gasteiger partial charge is 0.320 e. The normalized spacial score (nSPS) is 10.1. The van der Waals surface area contributed by atoms with Crippen molar-refractivity contribution in [2.75, 3.05) is 6.54 Å². The Morgan fingerprint density at radius 1 is 1.47 bits per heavy atom. The van der Waals surface area contributed by atoms with E-state index in [-0.39, 0.29) is 12.4 Å². The molecular formula is C14H13ClFN3. The molecule has 0 amide bonds. The van der Waals surface area contributed by atoms with E-state index in [1.165, 1.54) is 12.1 Å². The van der Waals surface area contributed by atoms with Gasteiger partial charge in [-0.2, -0.15) is 5.10 Å². The number of halogens is 2. The van der Waals surface area contributed by atoms with E-state index in [2.05, 4.69) is 16.9 Å². The van der Waals surface area contributed by atoms with E-state index < -0.39 is 0 Å². The SMILES string of the molecule is Cc1c(Cl)cnn1Cc1ccc(F)cc1C#CCN. The summed E-state index contributed by atoms with van der Waals surface area (Å²) < 4.78 is 15.0. The summed E-state index contributed by atoms with van der Waals surface area (Å²) in [5, 5.41) is 4.78. The van der Waals surface area contributed by atoms with Crippen LogP contribution in [-0.4, -0.2) is 16.3 Å². The highest BCUT2D eigenvalue weighted by Crippen LogP contribution is 2.17. The molecule has 0 atom stereocenters. The number of benzene rings is 1. The molecule has 0 aliphatic rings. The van der Waals surface area contributed by atoms with E-state index in [1.807, 2.05) is 6.92 Å². The van der Waals surface area contributed by atoms with Gasteiger partial charge >= 0.3 is 0 Å². The minimum atomic E-state index is -0.319. The summed E-state index contributed by atoms with van der Waals surface area (Å²) in [6.45, 7) is 2.61. The molecule has 0 fully saturated rings. The van der Waals surface area contributed by atoms with Crippen molar-refractivity contribution < 1.29 is 4.39 Å². The standard InChI is InChI=1S/C14H13ClFN3/c1-10-14(15)8-18-19(10)9-12-4-5-13(16)7-11(12)3-2-6-17/h4-5,7-8H,6,9,17H2,1H3. The van der Waals surface area contributed by atoms with Gasteiger partial charge in [-0.3, -0.25) is 4.68 Å². The summed E-state index contributed by atoms with van der Waals surface area (Å²) in [6.07, 6.45) is 1.59. The second-order valence-corrected chi connectivity index (χ2v) is 4.45. The smallest absolute Gasteiger partial charge is 0.124 e. The topological polar surface area (TPSA) is 43.8 Å². The summed E-state index contributed by atoms with van der Waals surface area (Å²) >= 11 is 5.96. The number of nitrogens with two attached hydrogens (primary N) is 1. The fourth-order valence-electron chi connectivity index (χ4n) is 1.69. The van der Waals surface area contributed by atoms with E-state index in [4.69, 9.17) is 17.3 Å². The van der Waals surface area contributed by atoms with Crippen molar-refractivity contribution in [2.24, 2.45) is 5.73 Å². The van der Waals surface area contributed by atoms with E-state index >= 15 is 0 Å². The van der Waals surface area contributed by atoms with Crippen molar-refractivity contribution in [1.29, 1.82) is 0 Å². The van der Waals surface area contributed by atoms with E-state index in [1.54, 1.807) is 16.9 Å². The first-order valence-electron chi connectivity index (χ1n) is 5.77. The van der Waals surface area contributed by atoms with Gasteiger partial charge in [0, 0.05) is 5.56 Å². The Bertz CT molecular complexity index is 652. The third kappa shape index (κ3) is 3.14. The van der Waals surface area contributed by atoms with Gasteiger partial charge in [0.15, 0.2) is 0 Å². The van der Waals surface area contributed by atoms with Crippen LogP contribution in [0.25, 0.3) is 0 Å². The van der Waals surface area contributed by atoms with Crippen molar-refractivity contribution in [3.05, 3.63) is 52.1 Å². The molecule has 1 aromatic heterocycles. The lowest BCUT2D eigenvalue weighted by Gasteiger charge is -2.07. The molecule has 5 heteroatoms. The molecule has 2 aromatic rings. The molecule has 2 rings (SSSR count). The van der Waals surface area contributed by atoms with Crippen LogP contribution >= 0.6 is 11.6 Å². The van der Waals surface area contributed by atoms with Gasteiger partial charge in [0.05, 0.1) is 30.0 Å². The first-order valence-corrected chi connectivity index (χ1v) is 6.15. The van der Waals surface area contributed by atoms with Crippen LogP contribution in [0.3, 0.4) is 0 Å². The van der Waals surface area contributed by atoms with Gasteiger partial charge in [-0.05, 0) is 24.6 Å². The summed E-state index contributed by atoms with van der Waals surface area (Å²) in [7, 11) is 0. The maximum atomic E-state index is 13.3. The Morgan fingerprint density at radius 3 is 2.89 bits per heavy atom. The van der Waals surface area contributed by atoms with Crippen LogP contribution in [-0.2, 0) is 6.54 Å². The quantitative estimate of drug-likeness (QED) is 0.857. The fraction of sp³-hybridized carbons (Fsp3) is 0.214. The number of hydrogen-bond donors (Lipinski definition) is 1. The molecule has 1 aromatic carbocycles. The van der Waals surface area contributed by atoms with Gasteiger partial charge in [-0.15, -0.1) is 0 Å². The predicted molar refractivity (Wildman–Crippen MR) is 73.4 cm³/mol. The highest BCUT2D eigenvalue weighted by molar-refractivity contribution is 6.31. The number of rotatable bonds is 2. The molecule has 98 valence electrons. The third-order valence-corrected chi connectivity index (χ3v) is 3.13. The van der Waals surface area contributed by atoms with Crippen LogP contribution in [0.4, 0.5) is 4.39 Å². The number of aromatic nitrogens is 2. The first-order chi connectivity index (χ1) is 9.11. The van der Waals surface area contributed by atoms with Crippen LogP contribution in [0.1, 0.15) is 16.8 Å². The zero-order chi connectivity index (χ0) is 13.8. The molecule has 2 N–H and O–H groups in total. The third-order valence-electron chi connectivity index (χ3n) is 2.76. The molecule has 19 heavy (non-hydrogen) atoms. The maximum Gasteiger partial charge on any atom is 0.124 e. The monoisotopic (exact) mass is 277 g/mol. The predicted octanol–water partition coefficient (Wildman–Crippen LogP) is 2.34. The minimum absolute atomic E-state index is 0.239. The molecule has 0 saturated heterocycles. The minimum Gasteiger partial charge on any atom is -0.320 e. The van der Waals surface area contributed by atoms with Gasteiger partial charge in [0.25, 0.3) is 0 Å². The molecule has 1 heterocycles. The molecule has 0 aliphatic heterocycles. The highest BCUT2D eigenvalue weighted by Gasteiger charge is 2.08. The lowest BCUT2D eigenvalue weighted by Crippen LogP contribution is -2.06. The van der Waals surface area contributed by atoms with Crippen LogP contribution in [0.2, 0.25) is 5.02 Å². The van der Waals surface area contributed by atoms with Gasteiger partial charge < -0.3 is 5.73 Å². The average molecular weight is 278 g/mol. The Morgan fingerprint density at radius 2 is 2.26 bits per heavy atom. The number of nitrogens with zero attached hydrogens (tertiary/aromatic N) is 2. The van der Waals surface area contributed by atoms with Crippen LogP contribution < -0.4 is 5.73 Å². The van der Waals surface area contributed by atoms with Crippen molar-refractivity contribution in [3.63, 3.8) is 0 Å². The summed E-state index contributed by atoms with van der Waals surface area (Å²) in [5.74, 6) is 5.29. The Hall–Kier alpha value is -1.83. The lowest BCUT2D eigenvalue weighted by molar-refractivity contribution is 0.622. The molecule has 0 bridgehead atoms. The zero-order valence-corrected chi connectivity index (χ0v) is 11.2. The van der Waals surface area contributed by atoms with Gasteiger partial charge in [0.2, 0.25) is 0 Å². The Kier molecular flexibility index (Phi) is 4.20. The lowest BCUT2D eigenvalue weighted by atomic mass is 10.1. The molecule has 0 spiro atoms. The van der Waals surface area contributed by atoms with E-state index in [0.29, 0.717) is 17.1 Å². The highest BCUT2D eigenvalue weighted by atomic mass is 35.5. The van der Waals surface area contributed by atoms with E-state index in [9.17, 15) is 4.39 Å². The van der Waals surface area contributed by atoms with Gasteiger partial charge in [0.1, 0.15) is 5.82 Å². The van der Waals surface area contributed by atoms with Crippen molar-refractivity contribution in [3.8, 4) is 11.8 Å². The molecule has 0 radical (unpaired) electrons. The average Bonchev–Trinajstić information content (AvgIpc) is 2.71. The van der Waals surface area contributed by atoms with Gasteiger partial charge in [-0.1, -0.05) is 29.5 Å². The molecule has 3 nitrogen and oxygen atoms in total. The van der Waals surface area contributed by atoms with Crippen molar-refractivity contribution in [2.45, 2.75) is 13.5 Å². The van der Waals surface area contributed by atoms with Crippen molar-refractivity contribution >= 4 is 11.6 Å². The second kappa shape index (κ2) is 5.87. The van der Waals surface area contributed by atoms with Crippen molar-refractivity contribution in [1.82, 2.24) is 9.78 Å². The molecule has 0 unspecified atom stereocenters. The fourth-order valence-corrected chi connectivity index (χ4v) is 1.83. The number of hydrogen-bond acceptors (Lipinski definition) is 2. The zero-order valence-electron chi connectivity index (χ0n) is 10.5. The second-order valence-electron chi connectivity index (χ2n) is 4.04. The molecular weight excluding hydrogens is 265 g/mol. The van der Waals surface area contributed by atoms with Gasteiger partial charge in [-0.25, -0.2) is 4.39 Å². The summed E-state index contributed by atoms with van der Waals surface area (Å²) in [5.41, 5.74) is 7.71.